The Morgan fingerprint density at radius 3 is 2.53 bits per heavy atom. The van der Waals surface area contributed by atoms with Crippen molar-refractivity contribution in [1.29, 1.82) is 0 Å². The van der Waals surface area contributed by atoms with Crippen molar-refractivity contribution in [3.63, 3.8) is 0 Å². The van der Waals surface area contributed by atoms with Crippen molar-refractivity contribution in [2.45, 2.75) is 6.42 Å². The minimum atomic E-state index is -4.01. The molecule has 0 saturated heterocycles. The van der Waals surface area contributed by atoms with E-state index in [-0.39, 0.29) is 41.9 Å². The molecule has 0 amide bonds. The molecule has 1 heterocycles. The summed E-state index contributed by atoms with van der Waals surface area (Å²) in [5, 5.41) is 10.4. The largest absolute Gasteiger partial charge is 1.00 e. The number of hydrogen-bond donors (Lipinski definition) is 3. The minimum Gasteiger partial charge on any atom is -0.494 e. The van der Waals surface area contributed by atoms with Gasteiger partial charge in [-0.15, -0.1) is 0 Å². The summed E-state index contributed by atoms with van der Waals surface area (Å²) in [6.07, 6.45) is 0.0781. The van der Waals surface area contributed by atoms with Crippen LogP contribution in [0.5, 0.6) is 5.88 Å². The van der Waals surface area contributed by atoms with Crippen LogP contribution < -0.4 is 29.6 Å². The van der Waals surface area contributed by atoms with Crippen molar-refractivity contribution in [3.8, 4) is 5.88 Å². The fraction of sp³-hybridized carbons (Fsp3) is 0.200. The smallest absolute Gasteiger partial charge is 0.494 e. The summed E-state index contributed by atoms with van der Waals surface area (Å²) in [6.45, 7) is 0. The maximum Gasteiger partial charge on any atom is 1.00 e. The zero-order valence-electron chi connectivity index (χ0n) is 9.34. The summed E-state index contributed by atoms with van der Waals surface area (Å²) in [4.78, 5) is 2.74. The molecule has 0 spiro atoms. The minimum absolute atomic E-state index is 0. The monoisotopic (exact) mass is 264 g/mol. The molecule has 1 aromatic heterocycles. The topological polar surface area (TPSA) is 90.4 Å². The predicted octanol–water partition coefficient (Wildman–Crippen LogP) is -1.69. The van der Waals surface area contributed by atoms with Crippen molar-refractivity contribution in [1.82, 2.24) is 4.98 Å². The van der Waals surface area contributed by atoms with Crippen molar-refractivity contribution >= 4 is 21.0 Å². The Morgan fingerprint density at radius 1 is 1.24 bits per heavy atom. The van der Waals surface area contributed by atoms with E-state index in [9.17, 15) is 13.5 Å². The summed E-state index contributed by atoms with van der Waals surface area (Å²) in [5.74, 6) is -0.451. The van der Waals surface area contributed by atoms with Gasteiger partial charge in [0.05, 0.1) is 5.75 Å². The van der Waals surface area contributed by atoms with Gasteiger partial charge in [-0.2, -0.15) is 8.42 Å². The van der Waals surface area contributed by atoms with Crippen molar-refractivity contribution in [2.24, 2.45) is 0 Å². The van der Waals surface area contributed by atoms with Gasteiger partial charge in [-0.05, 0) is 12.5 Å². The standard InChI is InChI=1S/C10H11NO4S.Na/c12-10-8(5-6-16(13,14)15)7-3-1-2-4-9(7)11-10;/h1-4,11-12H,5-6H2,(H,13,14,15);/q;+1. The maximum atomic E-state index is 10.6. The first-order valence-electron chi connectivity index (χ1n) is 4.71. The molecule has 7 heteroatoms. The van der Waals surface area contributed by atoms with Crippen molar-refractivity contribution < 1.29 is 47.6 Å². The molecule has 3 N–H and O–H groups in total. The molecule has 17 heavy (non-hydrogen) atoms. The van der Waals surface area contributed by atoms with Gasteiger partial charge >= 0.3 is 29.6 Å². The predicted molar refractivity (Wildman–Crippen MR) is 60.1 cm³/mol. The quantitative estimate of drug-likeness (QED) is 0.455. The maximum absolute atomic E-state index is 10.6. The summed E-state index contributed by atoms with van der Waals surface area (Å²) in [6, 6.07) is 7.17. The second-order valence-electron chi connectivity index (χ2n) is 3.53. The molecule has 0 radical (unpaired) electrons. The Morgan fingerprint density at radius 2 is 1.88 bits per heavy atom. The Hall–Kier alpha value is -0.530. The van der Waals surface area contributed by atoms with Crippen LogP contribution in [0.4, 0.5) is 0 Å². The SMILES string of the molecule is O=S(=O)(O)CCc1c(O)[nH]c2ccccc12.[Na+]. The molecular formula is C10H11NNaO4S+. The number of aryl methyl sites for hydroxylation is 1. The van der Waals surface area contributed by atoms with Crippen LogP contribution in [0.15, 0.2) is 24.3 Å². The molecule has 0 saturated carbocycles. The summed E-state index contributed by atoms with van der Waals surface area (Å²) in [7, 11) is -4.01. The number of H-pyrrole nitrogens is 1. The molecule has 0 unspecified atom stereocenters. The Kier molecular flexibility index (Phi) is 4.62. The Bertz CT molecular complexity index is 620. The van der Waals surface area contributed by atoms with E-state index in [0.29, 0.717) is 5.56 Å². The second kappa shape index (κ2) is 5.41. The molecule has 0 atom stereocenters. The first-order chi connectivity index (χ1) is 7.47. The van der Waals surface area contributed by atoms with Gasteiger partial charge in [0.25, 0.3) is 10.1 Å². The molecule has 86 valence electrons. The molecule has 0 aliphatic heterocycles. The van der Waals surface area contributed by atoms with E-state index in [1.54, 1.807) is 18.2 Å². The zero-order chi connectivity index (χ0) is 11.8. The van der Waals surface area contributed by atoms with Gasteiger partial charge in [0.1, 0.15) is 0 Å². The van der Waals surface area contributed by atoms with Gasteiger partial charge in [-0.25, -0.2) is 0 Å². The fourth-order valence-electron chi connectivity index (χ4n) is 1.67. The summed E-state index contributed by atoms with van der Waals surface area (Å²) < 4.78 is 29.9. The Balaban J connectivity index is 0.00000144. The van der Waals surface area contributed by atoms with Gasteiger partial charge < -0.3 is 10.1 Å². The van der Waals surface area contributed by atoms with E-state index in [4.69, 9.17) is 4.55 Å². The van der Waals surface area contributed by atoms with Crippen LogP contribution in [0.25, 0.3) is 10.9 Å². The van der Waals surface area contributed by atoms with E-state index < -0.39 is 15.9 Å². The van der Waals surface area contributed by atoms with Gasteiger partial charge in [-0.3, -0.25) is 4.55 Å². The molecule has 1 aromatic carbocycles. The Labute approximate surface area is 121 Å². The van der Waals surface area contributed by atoms with Crippen LogP contribution in [-0.2, 0) is 16.5 Å². The molecule has 0 fully saturated rings. The summed E-state index contributed by atoms with van der Waals surface area (Å²) >= 11 is 0. The fourth-order valence-corrected chi connectivity index (χ4v) is 2.13. The van der Waals surface area contributed by atoms with Crippen LogP contribution >= 0.6 is 0 Å². The van der Waals surface area contributed by atoms with Crippen molar-refractivity contribution in [3.05, 3.63) is 29.8 Å². The third-order valence-electron chi connectivity index (χ3n) is 2.40. The van der Waals surface area contributed by atoms with E-state index in [2.05, 4.69) is 4.98 Å². The molecule has 2 aromatic rings. The van der Waals surface area contributed by atoms with Gasteiger partial charge in [0.2, 0.25) is 0 Å². The number of hydrogen-bond acceptors (Lipinski definition) is 3. The van der Waals surface area contributed by atoms with Gasteiger partial charge in [-0.1, -0.05) is 18.2 Å². The molecule has 5 nitrogen and oxygen atoms in total. The number of aromatic amines is 1. The van der Waals surface area contributed by atoms with E-state index in [1.807, 2.05) is 6.07 Å². The molecule has 0 bridgehead atoms. The van der Waals surface area contributed by atoms with Crippen molar-refractivity contribution in [2.75, 3.05) is 5.75 Å². The molecular weight excluding hydrogens is 253 g/mol. The van der Waals surface area contributed by atoms with Crippen LogP contribution in [-0.4, -0.2) is 28.8 Å². The number of rotatable bonds is 3. The number of nitrogens with one attached hydrogen (secondary N) is 1. The zero-order valence-corrected chi connectivity index (χ0v) is 12.2. The molecule has 0 aliphatic rings. The number of aromatic nitrogens is 1. The number of benzene rings is 1. The van der Waals surface area contributed by atoms with E-state index in [1.165, 1.54) is 0 Å². The second-order valence-corrected chi connectivity index (χ2v) is 5.11. The first-order valence-corrected chi connectivity index (χ1v) is 6.32. The van der Waals surface area contributed by atoms with Crippen LogP contribution in [0.1, 0.15) is 5.56 Å². The third kappa shape index (κ3) is 3.46. The average Bonchev–Trinajstić information content (AvgIpc) is 2.49. The van der Waals surface area contributed by atoms with Crippen LogP contribution in [0.3, 0.4) is 0 Å². The number of para-hydroxylation sites is 1. The first kappa shape index (κ1) is 14.5. The van der Waals surface area contributed by atoms with E-state index >= 15 is 0 Å². The van der Waals surface area contributed by atoms with Gasteiger partial charge in [0, 0.05) is 16.5 Å². The molecule has 2 rings (SSSR count). The molecule has 0 aliphatic carbocycles. The third-order valence-corrected chi connectivity index (χ3v) is 3.12. The number of aromatic hydroxyl groups is 1. The van der Waals surface area contributed by atoms with Crippen LogP contribution in [0, 0.1) is 0 Å². The van der Waals surface area contributed by atoms with E-state index in [0.717, 1.165) is 10.9 Å². The average molecular weight is 264 g/mol. The normalized spacial score (nSPS) is 11.4. The summed E-state index contributed by atoms with van der Waals surface area (Å²) in [5.41, 5.74) is 1.25. The van der Waals surface area contributed by atoms with Crippen LogP contribution in [0.2, 0.25) is 0 Å². The number of fused-ring (bicyclic) bond motifs is 1. The van der Waals surface area contributed by atoms with Gasteiger partial charge in [0.15, 0.2) is 5.88 Å².